The Morgan fingerprint density at radius 1 is 1.27 bits per heavy atom. The van der Waals surface area contributed by atoms with Gasteiger partial charge in [-0.2, -0.15) is 8.78 Å². The van der Waals surface area contributed by atoms with Crippen molar-refractivity contribution in [1.29, 1.82) is 0 Å². The first-order valence-electron chi connectivity index (χ1n) is 6.23. The van der Waals surface area contributed by atoms with Crippen molar-refractivity contribution in [3.05, 3.63) is 54.1 Å². The molecule has 1 aromatic carbocycles. The molecule has 0 unspecified atom stereocenters. The molecule has 2 rings (SSSR count). The monoisotopic (exact) mass is 311 g/mol. The number of pyridine rings is 1. The zero-order valence-electron chi connectivity index (χ0n) is 11.2. The van der Waals surface area contributed by atoms with Crippen molar-refractivity contribution in [1.82, 2.24) is 10.3 Å². The van der Waals surface area contributed by atoms with Crippen LogP contribution in [0.15, 0.2) is 42.6 Å². The standard InChI is InChI=1S/C14H12F3N3O2/c15-9-4-5-11(12(7-9)22-13(16)17)20-14(21)19-8-10-3-1-2-6-18-10/h1-7,13H,8H2,(H2,19,20,21). The smallest absolute Gasteiger partial charge is 0.387 e. The van der Waals surface area contributed by atoms with Crippen molar-refractivity contribution < 1.29 is 22.7 Å². The molecule has 0 aliphatic heterocycles. The average molecular weight is 311 g/mol. The van der Waals surface area contributed by atoms with Crippen LogP contribution in [0.4, 0.5) is 23.7 Å². The van der Waals surface area contributed by atoms with E-state index >= 15 is 0 Å². The van der Waals surface area contributed by atoms with E-state index in [9.17, 15) is 18.0 Å². The van der Waals surface area contributed by atoms with Crippen LogP contribution in [0.2, 0.25) is 0 Å². The number of hydrogen-bond acceptors (Lipinski definition) is 3. The molecule has 0 aliphatic carbocycles. The topological polar surface area (TPSA) is 63.2 Å². The van der Waals surface area contributed by atoms with Crippen molar-refractivity contribution in [2.45, 2.75) is 13.2 Å². The van der Waals surface area contributed by atoms with E-state index in [0.29, 0.717) is 5.69 Å². The molecule has 0 atom stereocenters. The second-order valence-corrected chi connectivity index (χ2v) is 4.15. The number of ether oxygens (including phenoxy) is 1. The van der Waals surface area contributed by atoms with Gasteiger partial charge in [0.05, 0.1) is 17.9 Å². The van der Waals surface area contributed by atoms with E-state index in [1.165, 1.54) is 0 Å². The minimum absolute atomic E-state index is 0.0692. The van der Waals surface area contributed by atoms with Gasteiger partial charge < -0.3 is 15.4 Å². The van der Waals surface area contributed by atoms with E-state index in [1.54, 1.807) is 24.4 Å². The lowest BCUT2D eigenvalue weighted by molar-refractivity contribution is -0.0495. The Hall–Kier alpha value is -2.77. The number of amides is 2. The van der Waals surface area contributed by atoms with Crippen molar-refractivity contribution >= 4 is 11.7 Å². The second kappa shape index (κ2) is 7.30. The molecule has 0 saturated carbocycles. The molecule has 0 fully saturated rings. The summed E-state index contributed by atoms with van der Waals surface area (Å²) >= 11 is 0. The Labute approximate surface area is 124 Å². The van der Waals surface area contributed by atoms with Gasteiger partial charge in [0, 0.05) is 12.3 Å². The molecule has 0 spiro atoms. The van der Waals surface area contributed by atoms with Crippen LogP contribution in [0.3, 0.4) is 0 Å². The molecule has 1 heterocycles. The molecular formula is C14H12F3N3O2. The third kappa shape index (κ3) is 4.65. The molecular weight excluding hydrogens is 299 g/mol. The highest BCUT2D eigenvalue weighted by Gasteiger charge is 2.13. The maximum Gasteiger partial charge on any atom is 0.387 e. The number of rotatable bonds is 5. The molecule has 0 bridgehead atoms. The highest BCUT2D eigenvalue weighted by molar-refractivity contribution is 5.90. The summed E-state index contributed by atoms with van der Waals surface area (Å²) in [6, 6.07) is 7.47. The molecule has 22 heavy (non-hydrogen) atoms. The van der Waals surface area contributed by atoms with Gasteiger partial charge in [0.25, 0.3) is 0 Å². The number of anilines is 1. The Morgan fingerprint density at radius 2 is 2.09 bits per heavy atom. The summed E-state index contributed by atoms with van der Waals surface area (Å²) in [5.41, 5.74) is 0.557. The molecule has 2 amide bonds. The number of urea groups is 1. The van der Waals surface area contributed by atoms with Crippen LogP contribution in [0.1, 0.15) is 5.69 Å². The lowest BCUT2D eigenvalue weighted by Gasteiger charge is -2.12. The highest BCUT2D eigenvalue weighted by Crippen LogP contribution is 2.26. The summed E-state index contributed by atoms with van der Waals surface area (Å²) in [5.74, 6) is -1.21. The van der Waals surface area contributed by atoms with E-state index in [2.05, 4.69) is 20.4 Å². The molecule has 2 aromatic rings. The van der Waals surface area contributed by atoms with Crippen molar-refractivity contribution in [2.24, 2.45) is 0 Å². The van der Waals surface area contributed by atoms with Crippen molar-refractivity contribution in [3.8, 4) is 5.75 Å². The fourth-order valence-electron chi connectivity index (χ4n) is 1.63. The Morgan fingerprint density at radius 3 is 2.77 bits per heavy atom. The largest absolute Gasteiger partial charge is 0.432 e. The van der Waals surface area contributed by atoms with Crippen LogP contribution in [0.5, 0.6) is 5.75 Å². The number of carbonyl (C=O) groups excluding carboxylic acids is 1. The fourth-order valence-corrected chi connectivity index (χ4v) is 1.63. The van der Waals surface area contributed by atoms with Gasteiger partial charge in [-0.3, -0.25) is 4.98 Å². The summed E-state index contributed by atoms with van der Waals surface area (Å²) in [6.07, 6.45) is 1.57. The predicted molar refractivity (Wildman–Crippen MR) is 73.1 cm³/mol. The zero-order chi connectivity index (χ0) is 15.9. The van der Waals surface area contributed by atoms with E-state index < -0.39 is 24.2 Å². The first kappa shape index (κ1) is 15.6. The minimum atomic E-state index is -3.13. The number of nitrogens with one attached hydrogen (secondary N) is 2. The maximum atomic E-state index is 13.0. The van der Waals surface area contributed by atoms with E-state index in [1.807, 2.05) is 0 Å². The number of hydrogen-bond donors (Lipinski definition) is 2. The first-order chi connectivity index (χ1) is 10.5. The highest BCUT2D eigenvalue weighted by atomic mass is 19.3. The summed E-state index contributed by atoms with van der Waals surface area (Å²) in [5, 5.41) is 4.80. The molecule has 116 valence electrons. The van der Waals surface area contributed by atoms with Gasteiger partial charge in [-0.1, -0.05) is 6.07 Å². The maximum absolute atomic E-state index is 13.0. The van der Waals surface area contributed by atoms with Gasteiger partial charge >= 0.3 is 12.6 Å². The Bertz CT molecular complexity index is 638. The van der Waals surface area contributed by atoms with E-state index in [-0.39, 0.29) is 12.2 Å². The minimum Gasteiger partial charge on any atom is -0.432 e. The SMILES string of the molecule is O=C(NCc1ccccn1)Nc1ccc(F)cc1OC(F)F. The van der Waals surface area contributed by atoms with Gasteiger partial charge in [-0.15, -0.1) is 0 Å². The average Bonchev–Trinajstić information content (AvgIpc) is 2.48. The molecule has 5 nitrogen and oxygen atoms in total. The predicted octanol–water partition coefficient (Wildman–Crippen LogP) is 3.14. The first-order valence-corrected chi connectivity index (χ1v) is 6.23. The number of halogens is 3. The van der Waals surface area contributed by atoms with Gasteiger partial charge in [-0.05, 0) is 24.3 Å². The number of aromatic nitrogens is 1. The Kier molecular flexibility index (Phi) is 5.18. The number of nitrogens with zero attached hydrogens (tertiary/aromatic N) is 1. The molecule has 0 radical (unpaired) electrons. The lowest BCUT2D eigenvalue weighted by atomic mass is 10.3. The second-order valence-electron chi connectivity index (χ2n) is 4.15. The number of benzene rings is 1. The molecule has 1 aromatic heterocycles. The van der Waals surface area contributed by atoms with E-state index in [4.69, 9.17) is 0 Å². The van der Waals surface area contributed by atoms with Crippen LogP contribution in [0, 0.1) is 5.82 Å². The van der Waals surface area contributed by atoms with Crippen LogP contribution in [-0.4, -0.2) is 17.6 Å². The third-order valence-electron chi connectivity index (χ3n) is 2.56. The van der Waals surface area contributed by atoms with Crippen molar-refractivity contribution in [2.75, 3.05) is 5.32 Å². The summed E-state index contributed by atoms with van der Waals surface area (Å²) in [4.78, 5) is 15.7. The molecule has 0 aliphatic rings. The summed E-state index contributed by atoms with van der Waals surface area (Å²) in [6.45, 7) is -2.97. The molecule has 8 heteroatoms. The zero-order valence-corrected chi connectivity index (χ0v) is 11.2. The van der Waals surface area contributed by atoms with Crippen LogP contribution >= 0.6 is 0 Å². The van der Waals surface area contributed by atoms with Crippen LogP contribution in [-0.2, 0) is 6.54 Å². The number of carbonyl (C=O) groups is 1. The van der Waals surface area contributed by atoms with Gasteiger partial charge in [0.1, 0.15) is 5.82 Å². The Balaban J connectivity index is 1.99. The van der Waals surface area contributed by atoms with Gasteiger partial charge in [-0.25, -0.2) is 9.18 Å². The quantitative estimate of drug-likeness (QED) is 0.891. The van der Waals surface area contributed by atoms with Crippen LogP contribution in [0.25, 0.3) is 0 Å². The molecule has 2 N–H and O–H groups in total. The lowest BCUT2D eigenvalue weighted by Crippen LogP contribution is -2.28. The van der Waals surface area contributed by atoms with Gasteiger partial charge in [0.15, 0.2) is 5.75 Å². The summed E-state index contributed by atoms with van der Waals surface area (Å²) in [7, 11) is 0. The normalized spacial score (nSPS) is 10.4. The van der Waals surface area contributed by atoms with Gasteiger partial charge in [0.2, 0.25) is 0 Å². The van der Waals surface area contributed by atoms with Crippen LogP contribution < -0.4 is 15.4 Å². The van der Waals surface area contributed by atoms with Crippen molar-refractivity contribution in [3.63, 3.8) is 0 Å². The number of alkyl halides is 2. The third-order valence-corrected chi connectivity index (χ3v) is 2.56. The fraction of sp³-hybridized carbons (Fsp3) is 0.143. The summed E-state index contributed by atoms with van der Waals surface area (Å²) < 4.78 is 41.7. The molecule has 0 saturated heterocycles. The van der Waals surface area contributed by atoms with E-state index in [0.717, 1.165) is 18.2 Å².